The van der Waals surface area contributed by atoms with Gasteiger partial charge in [0.15, 0.2) is 0 Å². The lowest BCUT2D eigenvalue weighted by Gasteiger charge is -2.07. The van der Waals surface area contributed by atoms with Crippen LogP contribution >= 0.6 is 0 Å². The Balaban J connectivity index is 2.48. The van der Waals surface area contributed by atoms with Crippen LogP contribution in [0.5, 0.6) is 0 Å². The molecule has 0 aliphatic rings. The summed E-state index contributed by atoms with van der Waals surface area (Å²) in [5, 5.41) is 5.97. The lowest BCUT2D eigenvalue weighted by atomic mass is 10.1. The van der Waals surface area contributed by atoms with E-state index in [4.69, 9.17) is 0 Å². The molecule has 3 heteroatoms. The van der Waals surface area contributed by atoms with Crippen LogP contribution in [-0.4, -0.2) is 19.5 Å². The molecule has 1 aromatic rings. The average molecular weight is 220 g/mol. The van der Waals surface area contributed by atoms with E-state index in [2.05, 4.69) is 24.5 Å². The normalized spacial score (nSPS) is 10.5. The van der Waals surface area contributed by atoms with Crippen molar-refractivity contribution in [2.45, 2.75) is 20.4 Å². The second-order valence-corrected chi connectivity index (χ2v) is 4.30. The highest BCUT2D eigenvalue weighted by Crippen LogP contribution is 2.04. The molecular formula is C13H20N2O. The van der Waals surface area contributed by atoms with E-state index in [0.29, 0.717) is 11.5 Å². The third-order valence-electron chi connectivity index (χ3n) is 2.32. The molecule has 0 radical (unpaired) electrons. The van der Waals surface area contributed by atoms with Crippen LogP contribution in [0.25, 0.3) is 0 Å². The molecule has 0 spiro atoms. The van der Waals surface area contributed by atoms with E-state index >= 15 is 0 Å². The van der Waals surface area contributed by atoms with Crippen molar-refractivity contribution in [2.75, 3.05) is 13.6 Å². The van der Waals surface area contributed by atoms with E-state index in [0.717, 1.165) is 13.1 Å². The summed E-state index contributed by atoms with van der Waals surface area (Å²) in [5.41, 5.74) is 1.91. The number of nitrogens with one attached hydrogen (secondary N) is 2. The molecule has 0 unspecified atom stereocenters. The average Bonchev–Trinajstić information content (AvgIpc) is 2.28. The van der Waals surface area contributed by atoms with Gasteiger partial charge in [0.25, 0.3) is 5.91 Å². The summed E-state index contributed by atoms with van der Waals surface area (Å²) < 4.78 is 0. The molecule has 1 amide bonds. The summed E-state index contributed by atoms with van der Waals surface area (Å²) in [4.78, 5) is 11.3. The highest BCUT2D eigenvalue weighted by Gasteiger charge is 2.02. The van der Waals surface area contributed by atoms with E-state index in [1.165, 1.54) is 5.56 Å². The molecule has 1 rings (SSSR count). The second-order valence-electron chi connectivity index (χ2n) is 4.30. The first-order chi connectivity index (χ1) is 7.63. The number of hydrogen-bond donors (Lipinski definition) is 2. The number of carbonyl (C=O) groups excluding carboxylic acids is 1. The molecule has 0 bridgehead atoms. The standard InChI is InChI=1S/C13H20N2O/c1-10(2)8-15-9-11-4-6-12(7-5-11)13(16)14-3/h4-7,10,15H,8-9H2,1-3H3,(H,14,16). The van der Waals surface area contributed by atoms with E-state index in [9.17, 15) is 4.79 Å². The fourth-order valence-electron chi connectivity index (χ4n) is 1.42. The Morgan fingerprint density at radius 1 is 1.25 bits per heavy atom. The fraction of sp³-hybridized carbons (Fsp3) is 0.462. The van der Waals surface area contributed by atoms with Crippen molar-refractivity contribution >= 4 is 5.91 Å². The quantitative estimate of drug-likeness (QED) is 0.794. The SMILES string of the molecule is CNC(=O)c1ccc(CNCC(C)C)cc1. The van der Waals surface area contributed by atoms with Crippen LogP contribution in [0.15, 0.2) is 24.3 Å². The third kappa shape index (κ3) is 4.03. The summed E-state index contributed by atoms with van der Waals surface area (Å²) in [6.07, 6.45) is 0. The Kier molecular flexibility index (Phi) is 4.99. The van der Waals surface area contributed by atoms with Crippen LogP contribution in [0.3, 0.4) is 0 Å². The first-order valence-corrected chi connectivity index (χ1v) is 5.65. The Morgan fingerprint density at radius 2 is 1.88 bits per heavy atom. The maximum absolute atomic E-state index is 11.3. The van der Waals surface area contributed by atoms with Gasteiger partial charge in [-0.05, 0) is 30.2 Å². The fourth-order valence-corrected chi connectivity index (χ4v) is 1.42. The Bertz CT molecular complexity index is 330. The molecule has 0 heterocycles. The third-order valence-corrected chi connectivity index (χ3v) is 2.32. The zero-order chi connectivity index (χ0) is 12.0. The lowest BCUT2D eigenvalue weighted by molar-refractivity contribution is 0.0963. The summed E-state index contributed by atoms with van der Waals surface area (Å²) in [5.74, 6) is 0.617. The molecule has 3 nitrogen and oxygen atoms in total. The van der Waals surface area contributed by atoms with Gasteiger partial charge >= 0.3 is 0 Å². The van der Waals surface area contributed by atoms with Crippen LogP contribution in [0.4, 0.5) is 0 Å². The zero-order valence-corrected chi connectivity index (χ0v) is 10.2. The van der Waals surface area contributed by atoms with Crippen molar-refractivity contribution in [1.82, 2.24) is 10.6 Å². The minimum absolute atomic E-state index is 0.0401. The predicted molar refractivity (Wildman–Crippen MR) is 66.4 cm³/mol. The van der Waals surface area contributed by atoms with Crippen molar-refractivity contribution < 1.29 is 4.79 Å². The van der Waals surface area contributed by atoms with Crippen molar-refractivity contribution in [3.8, 4) is 0 Å². The van der Waals surface area contributed by atoms with Gasteiger partial charge in [0.2, 0.25) is 0 Å². The molecule has 0 saturated carbocycles. The molecule has 2 N–H and O–H groups in total. The summed E-state index contributed by atoms with van der Waals surface area (Å²) >= 11 is 0. The van der Waals surface area contributed by atoms with E-state index in [-0.39, 0.29) is 5.91 Å². The van der Waals surface area contributed by atoms with Crippen LogP contribution in [0.1, 0.15) is 29.8 Å². The van der Waals surface area contributed by atoms with E-state index in [1.807, 2.05) is 24.3 Å². The van der Waals surface area contributed by atoms with Gasteiger partial charge < -0.3 is 10.6 Å². The van der Waals surface area contributed by atoms with Crippen molar-refractivity contribution in [1.29, 1.82) is 0 Å². The van der Waals surface area contributed by atoms with Gasteiger partial charge in [-0.15, -0.1) is 0 Å². The largest absolute Gasteiger partial charge is 0.355 e. The molecule has 0 saturated heterocycles. The van der Waals surface area contributed by atoms with Crippen LogP contribution < -0.4 is 10.6 Å². The molecule has 0 aromatic heterocycles. The number of carbonyl (C=O) groups is 1. The van der Waals surface area contributed by atoms with E-state index in [1.54, 1.807) is 7.05 Å². The van der Waals surface area contributed by atoms with Gasteiger partial charge in [-0.25, -0.2) is 0 Å². The topological polar surface area (TPSA) is 41.1 Å². The number of rotatable bonds is 5. The number of amides is 1. The maximum atomic E-state index is 11.3. The van der Waals surface area contributed by atoms with Crippen LogP contribution in [-0.2, 0) is 6.54 Å². The highest BCUT2D eigenvalue weighted by atomic mass is 16.1. The lowest BCUT2D eigenvalue weighted by Crippen LogP contribution is -2.19. The smallest absolute Gasteiger partial charge is 0.251 e. The Morgan fingerprint density at radius 3 is 2.38 bits per heavy atom. The molecule has 0 aliphatic heterocycles. The number of benzene rings is 1. The second kappa shape index (κ2) is 6.28. The van der Waals surface area contributed by atoms with Crippen molar-refractivity contribution in [3.63, 3.8) is 0 Å². The van der Waals surface area contributed by atoms with Gasteiger partial charge in [0.1, 0.15) is 0 Å². The summed E-state index contributed by atoms with van der Waals surface area (Å²) in [6.45, 7) is 6.23. The van der Waals surface area contributed by atoms with Crippen LogP contribution in [0.2, 0.25) is 0 Å². The van der Waals surface area contributed by atoms with Gasteiger partial charge in [-0.2, -0.15) is 0 Å². The van der Waals surface area contributed by atoms with Crippen molar-refractivity contribution in [2.24, 2.45) is 5.92 Å². The van der Waals surface area contributed by atoms with Gasteiger partial charge in [0.05, 0.1) is 0 Å². The molecule has 88 valence electrons. The maximum Gasteiger partial charge on any atom is 0.251 e. The van der Waals surface area contributed by atoms with Gasteiger partial charge in [-0.3, -0.25) is 4.79 Å². The number of hydrogen-bond acceptors (Lipinski definition) is 2. The first-order valence-electron chi connectivity index (χ1n) is 5.65. The molecule has 0 fully saturated rings. The van der Waals surface area contributed by atoms with Gasteiger partial charge in [-0.1, -0.05) is 26.0 Å². The van der Waals surface area contributed by atoms with Gasteiger partial charge in [0, 0.05) is 19.2 Å². The molecule has 0 aliphatic carbocycles. The summed E-state index contributed by atoms with van der Waals surface area (Å²) in [7, 11) is 1.64. The van der Waals surface area contributed by atoms with Crippen molar-refractivity contribution in [3.05, 3.63) is 35.4 Å². The molecular weight excluding hydrogens is 200 g/mol. The Labute approximate surface area is 97.2 Å². The molecule has 16 heavy (non-hydrogen) atoms. The minimum Gasteiger partial charge on any atom is -0.355 e. The predicted octanol–water partition coefficient (Wildman–Crippen LogP) is 1.79. The molecule has 1 aromatic carbocycles. The monoisotopic (exact) mass is 220 g/mol. The highest BCUT2D eigenvalue weighted by molar-refractivity contribution is 5.93. The Hall–Kier alpha value is -1.35. The minimum atomic E-state index is -0.0401. The zero-order valence-electron chi connectivity index (χ0n) is 10.2. The first kappa shape index (κ1) is 12.7. The van der Waals surface area contributed by atoms with E-state index < -0.39 is 0 Å². The summed E-state index contributed by atoms with van der Waals surface area (Å²) in [6, 6.07) is 7.67. The van der Waals surface area contributed by atoms with Crippen LogP contribution in [0, 0.1) is 5.92 Å². The molecule has 0 atom stereocenters.